The molecule has 1 amide bonds. The lowest BCUT2D eigenvalue weighted by atomic mass is 9.84. The highest BCUT2D eigenvalue weighted by Crippen LogP contribution is 2.23. The number of carbonyl (C=O) groups is 1. The summed E-state index contributed by atoms with van der Waals surface area (Å²) in [5.74, 6) is 0.531. The molecular formula is C15H28N2O3. The minimum atomic E-state index is 0.0858. The maximum absolute atomic E-state index is 11.9. The molecular weight excluding hydrogens is 256 g/mol. The van der Waals surface area contributed by atoms with Crippen molar-refractivity contribution in [3.8, 4) is 0 Å². The van der Waals surface area contributed by atoms with Gasteiger partial charge < -0.3 is 20.5 Å². The van der Waals surface area contributed by atoms with Crippen LogP contribution in [0.3, 0.4) is 0 Å². The van der Waals surface area contributed by atoms with Crippen LogP contribution in [0, 0.1) is 5.92 Å². The molecule has 5 heteroatoms. The van der Waals surface area contributed by atoms with E-state index in [9.17, 15) is 4.79 Å². The van der Waals surface area contributed by atoms with Gasteiger partial charge in [0.25, 0.3) is 0 Å². The second kappa shape index (κ2) is 8.60. The monoisotopic (exact) mass is 284 g/mol. The van der Waals surface area contributed by atoms with Crippen LogP contribution in [0.4, 0.5) is 0 Å². The van der Waals surface area contributed by atoms with Crippen LogP contribution >= 0.6 is 0 Å². The van der Waals surface area contributed by atoms with Crippen LogP contribution in [0.2, 0.25) is 0 Å². The third-order valence-corrected chi connectivity index (χ3v) is 4.36. The Morgan fingerprint density at radius 1 is 1.25 bits per heavy atom. The quantitative estimate of drug-likeness (QED) is 0.689. The maximum Gasteiger partial charge on any atom is 0.222 e. The lowest BCUT2D eigenvalue weighted by Gasteiger charge is -2.31. The van der Waals surface area contributed by atoms with Crippen LogP contribution in [-0.2, 0) is 14.3 Å². The van der Waals surface area contributed by atoms with Gasteiger partial charge in [0.1, 0.15) is 0 Å². The number of ether oxygens (including phenoxy) is 2. The van der Waals surface area contributed by atoms with Crippen molar-refractivity contribution in [1.29, 1.82) is 0 Å². The van der Waals surface area contributed by atoms with E-state index in [-0.39, 0.29) is 18.1 Å². The predicted octanol–water partition coefficient (Wildman–Crippen LogP) is 1.21. The summed E-state index contributed by atoms with van der Waals surface area (Å²) >= 11 is 0. The van der Waals surface area contributed by atoms with E-state index in [0.29, 0.717) is 32.1 Å². The molecule has 20 heavy (non-hydrogen) atoms. The van der Waals surface area contributed by atoms with E-state index in [1.54, 1.807) is 0 Å². The van der Waals surface area contributed by atoms with Crippen molar-refractivity contribution < 1.29 is 14.3 Å². The zero-order valence-electron chi connectivity index (χ0n) is 12.3. The van der Waals surface area contributed by atoms with Gasteiger partial charge in [-0.15, -0.1) is 0 Å². The zero-order valence-corrected chi connectivity index (χ0v) is 12.3. The molecule has 116 valence electrons. The van der Waals surface area contributed by atoms with Gasteiger partial charge in [-0.05, 0) is 38.1 Å². The van der Waals surface area contributed by atoms with E-state index >= 15 is 0 Å². The molecule has 1 saturated carbocycles. The number of nitrogens with one attached hydrogen (secondary N) is 1. The highest BCUT2D eigenvalue weighted by molar-refractivity contribution is 5.76. The lowest BCUT2D eigenvalue weighted by molar-refractivity contribution is -0.123. The minimum absolute atomic E-state index is 0.0858. The van der Waals surface area contributed by atoms with Crippen molar-refractivity contribution in [3.63, 3.8) is 0 Å². The summed E-state index contributed by atoms with van der Waals surface area (Å²) < 4.78 is 11.0. The summed E-state index contributed by atoms with van der Waals surface area (Å²) in [4.78, 5) is 11.9. The fourth-order valence-corrected chi connectivity index (χ4v) is 3.11. The van der Waals surface area contributed by atoms with Crippen molar-refractivity contribution in [1.82, 2.24) is 5.32 Å². The van der Waals surface area contributed by atoms with Crippen molar-refractivity contribution in [3.05, 3.63) is 0 Å². The van der Waals surface area contributed by atoms with Crippen molar-refractivity contribution in [2.75, 3.05) is 26.4 Å². The topological polar surface area (TPSA) is 73.6 Å². The Morgan fingerprint density at radius 3 is 2.85 bits per heavy atom. The van der Waals surface area contributed by atoms with Gasteiger partial charge in [0.2, 0.25) is 5.91 Å². The number of carbonyl (C=O) groups excluding carboxylic acids is 1. The number of rotatable bonds is 7. The maximum atomic E-state index is 11.9. The third kappa shape index (κ3) is 5.04. The number of hydrogen-bond donors (Lipinski definition) is 2. The first kappa shape index (κ1) is 15.7. The molecule has 0 aromatic carbocycles. The van der Waals surface area contributed by atoms with Crippen molar-refractivity contribution in [2.24, 2.45) is 11.7 Å². The molecule has 2 rings (SSSR count). The molecule has 3 N–H and O–H groups in total. The average Bonchev–Trinajstić information content (AvgIpc) is 2.97. The Hall–Kier alpha value is -0.650. The Kier molecular flexibility index (Phi) is 6.76. The van der Waals surface area contributed by atoms with Gasteiger partial charge in [0, 0.05) is 19.1 Å². The van der Waals surface area contributed by atoms with Crippen LogP contribution in [0.15, 0.2) is 0 Å². The molecule has 0 aromatic rings. The van der Waals surface area contributed by atoms with E-state index in [0.717, 1.165) is 32.3 Å². The zero-order chi connectivity index (χ0) is 14.2. The molecule has 0 bridgehead atoms. The van der Waals surface area contributed by atoms with Gasteiger partial charge in [0.05, 0.1) is 19.3 Å². The first-order valence-electron chi connectivity index (χ1n) is 7.98. The van der Waals surface area contributed by atoms with Gasteiger partial charge in [-0.3, -0.25) is 4.79 Å². The second-order valence-corrected chi connectivity index (χ2v) is 5.91. The van der Waals surface area contributed by atoms with E-state index in [4.69, 9.17) is 15.2 Å². The molecule has 1 aliphatic heterocycles. The third-order valence-electron chi connectivity index (χ3n) is 4.36. The summed E-state index contributed by atoms with van der Waals surface area (Å²) in [6.45, 7) is 2.60. The van der Waals surface area contributed by atoms with Crippen molar-refractivity contribution >= 4 is 5.91 Å². The summed E-state index contributed by atoms with van der Waals surface area (Å²) in [5, 5.41) is 3.12. The summed E-state index contributed by atoms with van der Waals surface area (Å²) in [7, 11) is 0. The van der Waals surface area contributed by atoms with Gasteiger partial charge >= 0.3 is 0 Å². The molecule has 2 aliphatic rings. The number of hydrogen-bond acceptors (Lipinski definition) is 4. The summed E-state index contributed by atoms with van der Waals surface area (Å²) in [6.07, 6.45) is 7.48. The lowest BCUT2D eigenvalue weighted by Crippen LogP contribution is -2.44. The molecule has 0 aromatic heterocycles. The Bertz CT molecular complexity index is 293. The summed E-state index contributed by atoms with van der Waals surface area (Å²) in [5.41, 5.74) is 5.77. The highest BCUT2D eigenvalue weighted by atomic mass is 16.5. The SMILES string of the molecule is NCC1CCCCC1NC(=O)CCOCC1CCCO1. The van der Waals surface area contributed by atoms with E-state index in [2.05, 4.69) is 5.32 Å². The molecule has 1 aliphatic carbocycles. The predicted molar refractivity (Wildman–Crippen MR) is 77.4 cm³/mol. The van der Waals surface area contributed by atoms with Crippen LogP contribution < -0.4 is 11.1 Å². The van der Waals surface area contributed by atoms with Gasteiger partial charge in [-0.1, -0.05) is 12.8 Å². The van der Waals surface area contributed by atoms with Crippen LogP contribution in [0.25, 0.3) is 0 Å². The molecule has 2 fully saturated rings. The second-order valence-electron chi connectivity index (χ2n) is 5.91. The Morgan fingerprint density at radius 2 is 2.10 bits per heavy atom. The highest BCUT2D eigenvalue weighted by Gasteiger charge is 2.25. The Labute approximate surface area is 121 Å². The normalized spacial score (nSPS) is 30.4. The first-order chi connectivity index (χ1) is 9.79. The van der Waals surface area contributed by atoms with Crippen LogP contribution in [-0.4, -0.2) is 44.4 Å². The summed E-state index contributed by atoms with van der Waals surface area (Å²) in [6, 6.07) is 0.263. The number of nitrogens with two attached hydrogens (primary N) is 1. The van der Waals surface area contributed by atoms with E-state index < -0.39 is 0 Å². The molecule has 3 atom stereocenters. The molecule has 0 radical (unpaired) electrons. The standard InChI is InChI=1S/C15H28N2O3/c16-10-12-4-1-2-6-14(12)17-15(18)7-9-19-11-13-5-3-8-20-13/h12-14H,1-11,16H2,(H,17,18). The van der Waals surface area contributed by atoms with Gasteiger partial charge in [0.15, 0.2) is 0 Å². The van der Waals surface area contributed by atoms with E-state index in [1.165, 1.54) is 12.8 Å². The molecule has 5 nitrogen and oxygen atoms in total. The van der Waals surface area contributed by atoms with Crippen LogP contribution in [0.1, 0.15) is 44.9 Å². The molecule has 1 saturated heterocycles. The smallest absolute Gasteiger partial charge is 0.222 e. The van der Waals surface area contributed by atoms with Crippen LogP contribution in [0.5, 0.6) is 0 Å². The molecule has 0 spiro atoms. The fourth-order valence-electron chi connectivity index (χ4n) is 3.11. The first-order valence-corrected chi connectivity index (χ1v) is 7.98. The molecule has 1 heterocycles. The fraction of sp³-hybridized carbons (Fsp3) is 0.933. The minimum Gasteiger partial charge on any atom is -0.378 e. The van der Waals surface area contributed by atoms with Crippen molar-refractivity contribution in [2.45, 2.75) is 57.1 Å². The molecule has 3 unspecified atom stereocenters. The Balaban J connectivity index is 1.57. The average molecular weight is 284 g/mol. The number of amides is 1. The largest absolute Gasteiger partial charge is 0.378 e. The van der Waals surface area contributed by atoms with Gasteiger partial charge in [-0.2, -0.15) is 0 Å². The van der Waals surface area contributed by atoms with E-state index in [1.807, 2.05) is 0 Å². The van der Waals surface area contributed by atoms with Gasteiger partial charge in [-0.25, -0.2) is 0 Å².